The van der Waals surface area contributed by atoms with Gasteiger partial charge in [0, 0.05) is 22.3 Å². The van der Waals surface area contributed by atoms with E-state index in [0.717, 1.165) is 23.4 Å². The van der Waals surface area contributed by atoms with E-state index in [-0.39, 0.29) is 0 Å². The van der Waals surface area contributed by atoms with Gasteiger partial charge in [-0.25, -0.2) is 0 Å². The lowest BCUT2D eigenvalue weighted by atomic mass is 9.96. The van der Waals surface area contributed by atoms with E-state index < -0.39 is 0 Å². The summed E-state index contributed by atoms with van der Waals surface area (Å²) in [6.45, 7) is 3.25. The minimum absolute atomic E-state index is 0.751. The molecular formula is C12H14BrN. The van der Waals surface area contributed by atoms with Crippen molar-refractivity contribution in [2.45, 2.75) is 19.8 Å². The van der Waals surface area contributed by atoms with Crippen molar-refractivity contribution in [2.75, 3.05) is 6.54 Å². The molecule has 1 atom stereocenters. The van der Waals surface area contributed by atoms with Gasteiger partial charge in [-0.2, -0.15) is 0 Å². The van der Waals surface area contributed by atoms with Gasteiger partial charge >= 0.3 is 0 Å². The summed E-state index contributed by atoms with van der Waals surface area (Å²) in [4.78, 5) is 4.63. The molecular weight excluding hydrogens is 238 g/mol. The molecule has 0 aromatic heterocycles. The molecule has 1 aromatic carbocycles. The van der Waals surface area contributed by atoms with Crippen LogP contribution in [0.4, 0.5) is 0 Å². The van der Waals surface area contributed by atoms with Crippen LogP contribution in [0.25, 0.3) is 0 Å². The summed E-state index contributed by atoms with van der Waals surface area (Å²) >= 11 is 3.57. The number of hydrogen-bond donors (Lipinski definition) is 0. The Bertz CT molecular complexity index is 357. The van der Waals surface area contributed by atoms with Crippen LogP contribution in [0, 0.1) is 5.92 Å². The number of hydrogen-bond acceptors (Lipinski definition) is 1. The number of rotatable bonds is 1. The molecule has 0 bridgehead atoms. The molecule has 0 radical (unpaired) electrons. The van der Waals surface area contributed by atoms with Crippen LogP contribution in [0.2, 0.25) is 0 Å². The fraction of sp³-hybridized carbons (Fsp3) is 0.417. The number of halogens is 1. The van der Waals surface area contributed by atoms with Crippen LogP contribution in [0.5, 0.6) is 0 Å². The first-order valence-electron chi connectivity index (χ1n) is 5.05. The first-order chi connectivity index (χ1) is 6.77. The molecule has 0 unspecified atom stereocenters. The van der Waals surface area contributed by atoms with Crippen molar-refractivity contribution < 1.29 is 0 Å². The highest BCUT2D eigenvalue weighted by molar-refractivity contribution is 9.10. The van der Waals surface area contributed by atoms with Crippen molar-refractivity contribution in [1.29, 1.82) is 0 Å². The maximum absolute atomic E-state index is 4.63. The zero-order valence-corrected chi connectivity index (χ0v) is 9.92. The molecule has 0 fully saturated rings. The third kappa shape index (κ3) is 2.06. The van der Waals surface area contributed by atoms with E-state index in [1.807, 2.05) is 6.07 Å². The maximum Gasteiger partial charge on any atom is 0.0432 e. The van der Waals surface area contributed by atoms with Gasteiger partial charge in [0.1, 0.15) is 0 Å². The van der Waals surface area contributed by atoms with Crippen LogP contribution in [0.15, 0.2) is 33.7 Å². The minimum atomic E-state index is 0.751. The highest BCUT2D eigenvalue weighted by Crippen LogP contribution is 2.23. The molecule has 0 saturated carbocycles. The molecule has 0 aliphatic carbocycles. The van der Waals surface area contributed by atoms with Crippen molar-refractivity contribution in [3.05, 3.63) is 34.3 Å². The molecule has 1 aromatic rings. The van der Waals surface area contributed by atoms with Gasteiger partial charge in [0.05, 0.1) is 0 Å². The van der Waals surface area contributed by atoms with Gasteiger partial charge in [-0.1, -0.05) is 41.1 Å². The lowest BCUT2D eigenvalue weighted by Gasteiger charge is -2.18. The number of aliphatic imine (C=N–C) groups is 1. The summed E-state index contributed by atoms with van der Waals surface area (Å²) in [5, 5.41) is 0. The van der Waals surface area contributed by atoms with E-state index in [1.54, 1.807) is 0 Å². The summed E-state index contributed by atoms with van der Waals surface area (Å²) in [5.74, 6) is 0.751. The Morgan fingerprint density at radius 3 is 2.79 bits per heavy atom. The monoisotopic (exact) mass is 251 g/mol. The predicted octanol–water partition coefficient (Wildman–Crippen LogP) is 3.67. The van der Waals surface area contributed by atoms with Crippen molar-refractivity contribution in [3.63, 3.8) is 0 Å². The van der Waals surface area contributed by atoms with Crippen LogP contribution in [0.1, 0.15) is 25.3 Å². The largest absolute Gasteiger partial charge is 0.289 e. The zero-order valence-electron chi connectivity index (χ0n) is 8.33. The van der Waals surface area contributed by atoms with Gasteiger partial charge in [0.2, 0.25) is 0 Å². The van der Waals surface area contributed by atoms with Gasteiger partial charge in [-0.15, -0.1) is 0 Å². The lowest BCUT2D eigenvalue weighted by molar-refractivity contribution is 0.538. The second kappa shape index (κ2) is 4.26. The number of benzene rings is 1. The molecule has 1 heterocycles. The van der Waals surface area contributed by atoms with Crippen molar-refractivity contribution in [1.82, 2.24) is 0 Å². The molecule has 1 nitrogen and oxygen atoms in total. The quantitative estimate of drug-likeness (QED) is 0.723. The Morgan fingerprint density at radius 2 is 2.14 bits per heavy atom. The molecule has 0 N–H and O–H groups in total. The highest BCUT2D eigenvalue weighted by Gasteiger charge is 2.14. The van der Waals surface area contributed by atoms with Crippen LogP contribution in [0.3, 0.4) is 0 Å². The average molecular weight is 252 g/mol. The van der Waals surface area contributed by atoms with E-state index in [2.05, 4.69) is 46.0 Å². The Labute approximate surface area is 93.4 Å². The maximum atomic E-state index is 4.63. The van der Waals surface area contributed by atoms with Gasteiger partial charge in [-0.05, 0) is 24.8 Å². The molecule has 0 saturated heterocycles. The molecule has 0 spiro atoms. The van der Waals surface area contributed by atoms with E-state index in [9.17, 15) is 0 Å². The van der Waals surface area contributed by atoms with Gasteiger partial charge < -0.3 is 0 Å². The third-order valence-electron chi connectivity index (χ3n) is 2.65. The fourth-order valence-electron chi connectivity index (χ4n) is 1.73. The summed E-state index contributed by atoms with van der Waals surface area (Å²) in [7, 11) is 0. The van der Waals surface area contributed by atoms with Crippen LogP contribution in [-0.2, 0) is 0 Å². The van der Waals surface area contributed by atoms with Gasteiger partial charge in [0.15, 0.2) is 0 Å². The first-order valence-corrected chi connectivity index (χ1v) is 5.85. The van der Waals surface area contributed by atoms with Crippen LogP contribution < -0.4 is 0 Å². The summed E-state index contributed by atoms with van der Waals surface area (Å²) in [6.07, 6.45) is 2.38. The van der Waals surface area contributed by atoms with Gasteiger partial charge in [-0.3, -0.25) is 4.99 Å². The molecule has 2 heteroatoms. The van der Waals surface area contributed by atoms with E-state index in [0.29, 0.717) is 0 Å². The van der Waals surface area contributed by atoms with Gasteiger partial charge in [0.25, 0.3) is 0 Å². The zero-order chi connectivity index (χ0) is 9.97. The third-order valence-corrected chi connectivity index (χ3v) is 3.34. The second-order valence-corrected chi connectivity index (χ2v) is 4.77. The normalized spacial score (nSPS) is 21.9. The van der Waals surface area contributed by atoms with E-state index in [1.165, 1.54) is 17.7 Å². The summed E-state index contributed by atoms with van der Waals surface area (Å²) < 4.78 is 1.16. The smallest absolute Gasteiger partial charge is 0.0432 e. The topological polar surface area (TPSA) is 12.4 Å². The van der Waals surface area contributed by atoms with E-state index >= 15 is 0 Å². The Hall–Kier alpha value is -0.630. The summed E-state index contributed by atoms with van der Waals surface area (Å²) in [6, 6.07) is 8.33. The molecule has 1 aliphatic heterocycles. The summed E-state index contributed by atoms with van der Waals surface area (Å²) in [5.41, 5.74) is 2.52. The van der Waals surface area contributed by atoms with Crippen LogP contribution >= 0.6 is 15.9 Å². The molecule has 74 valence electrons. The second-order valence-electron chi connectivity index (χ2n) is 3.91. The van der Waals surface area contributed by atoms with Crippen molar-refractivity contribution >= 4 is 21.6 Å². The Balaban J connectivity index is 2.28. The minimum Gasteiger partial charge on any atom is -0.289 e. The first kappa shape index (κ1) is 9.91. The molecule has 2 rings (SSSR count). The predicted molar refractivity (Wildman–Crippen MR) is 63.9 cm³/mol. The lowest BCUT2D eigenvalue weighted by Crippen LogP contribution is -2.14. The standard InChI is InChI=1S/C12H14BrN/c1-9-6-7-12(14-8-9)10-4-2-3-5-11(10)13/h2-5,9H,6-8H2,1H3/t9-/m0/s1. The molecule has 14 heavy (non-hydrogen) atoms. The fourth-order valence-corrected chi connectivity index (χ4v) is 2.25. The number of nitrogens with zero attached hydrogens (tertiary/aromatic N) is 1. The Morgan fingerprint density at radius 1 is 1.36 bits per heavy atom. The van der Waals surface area contributed by atoms with Crippen molar-refractivity contribution in [2.24, 2.45) is 10.9 Å². The molecule has 0 amide bonds. The van der Waals surface area contributed by atoms with Crippen molar-refractivity contribution in [3.8, 4) is 0 Å². The highest BCUT2D eigenvalue weighted by atomic mass is 79.9. The van der Waals surface area contributed by atoms with E-state index in [4.69, 9.17) is 0 Å². The Kier molecular flexibility index (Phi) is 3.02. The molecule has 1 aliphatic rings. The average Bonchev–Trinajstić information content (AvgIpc) is 2.20. The van der Waals surface area contributed by atoms with Crippen LogP contribution in [-0.4, -0.2) is 12.3 Å². The SMILES string of the molecule is C[C@H]1CCC(c2ccccc2Br)=NC1.